The van der Waals surface area contributed by atoms with Crippen LogP contribution in [-0.2, 0) is 26.3 Å². The SMILES string of the molecule is CCCOc1ccc(CN2C(=O)NC(=O)/C(=C\c3cc(Br)c(OS(=O)(=O)c4ccccc4)c(Br)c3)C2=O)cc1OCC. The molecule has 0 spiro atoms. The van der Waals surface area contributed by atoms with Gasteiger partial charge in [0.05, 0.1) is 28.7 Å². The molecule has 42 heavy (non-hydrogen) atoms. The number of hydrogen-bond donors (Lipinski definition) is 1. The molecule has 1 aliphatic heterocycles. The molecule has 0 aromatic heterocycles. The predicted octanol–water partition coefficient (Wildman–Crippen LogP) is 5.83. The van der Waals surface area contributed by atoms with Gasteiger partial charge in [-0.1, -0.05) is 31.2 Å². The lowest BCUT2D eigenvalue weighted by Crippen LogP contribution is -2.53. The van der Waals surface area contributed by atoms with Gasteiger partial charge in [0.2, 0.25) is 0 Å². The second-order valence-corrected chi connectivity index (χ2v) is 12.2. The fourth-order valence-corrected chi connectivity index (χ4v) is 6.51. The first kappa shape index (κ1) is 31.3. The van der Waals surface area contributed by atoms with Gasteiger partial charge < -0.3 is 13.7 Å². The molecule has 1 heterocycles. The van der Waals surface area contributed by atoms with Crippen molar-refractivity contribution in [1.82, 2.24) is 10.2 Å². The third-order valence-corrected chi connectivity index (χ3v) is 8.27. The lowest BCUT2D eigenvalue weighted by Gasteiger charge is -2.26. The van der Waals surface area contributed by atoms with Crippen molar-refractivity contribution >= 4 is 65.9 Å². The van der Waals surface area contributed by atoms with Gasteiger partial charge in [0, 0.05) is 0 Å². The number of rotatable bonds is 11. The standard InChI is InChI=1S/C29H26Br2N2O8S/c1-3-12-40-24-11-10-18(16-25(24)39-4-2)17-33-28(35)21(27(34)32-29(33)36)13-19-14-22(30)26(23(31)15-19)41-42(37,38)20-8-6-5-7-9-20/h5-11,13-16H,3-4,12,17H2,1-2H3,(H,32,34,36)/b21-13+. The van der Waals surface area contributed by atoms with Gasteiger partial charge in [0.15, 0.2) is 17.2 Å². The van der Waals surface area contributed by atoms with E-state index in [0.717, 1.165) is 11.3 Å². The summed E-state index contributed by atoms with van der Waals surface area (Å²) < 4.78 is 42.6. The molecule has 220 valence electrons. The largest absolute Gasteiger partial charge is 0.490 e. The molecule has 1 N–H and O–H groups in total. The summed E-state index contributed by atoms with van der Waals surface area (Å²) in [5, 5.41) is 2.19. The van der Waals surface area contributed by atoms with Crippen LogP contribution < -0.4 is 19.0 Å². The number of nitrogens with zero attached hydrogens (tertiary/aromatic N) is 1. The second kappa shape index (κ2) is 13.5. The zero-order valence-corrected chi connectivity index (χ0v) is 26.5. The summed E-state index contributed by atoms with van der Waals surface area (Å²) in [7, 11) is -4.13. The van der Waals surface area contributed by atoms with Crippen molar-refractivity contribution in [2.75, 3.05) is 13.2 Å². The Labute approximate surface area is 260 Å². The lowest BCUT2D eigenvalue weighted by molar-refractivity contribution is -0.130. The van der Waals surface area contributed by atoms with Crippen LogP contribution in [0.3, 0.4) is 0 Å². The number of amides is 4. The number of nitrogens with one attached hydrogen (secondary N) is 1. The van der Waals surface area contributed by atoms with E-state index in [1.165, 1.54) is 30.3 Å². The molecule has 0 unspecified atom stereocenters. The van der Waals surface area contributed by atoms with Crippen LogP contribution in [-0.4, -0.2) is 44.4 Å². The number of halogens is 2. The van der Waals surface area contributed by atoms with Gasteiger partial charge in [0.1, 0.15) is 10.5 Å². The Balaban J connectivity index is 1.59. The highest BCUT2D eigenvalue weighted by molar-refractivity contribution is 9.11. The molecule has 10 nitrogen and oxygen atoms in total. The third-order valence-electron chi connectivity index (χ3n) is 5.85. The Morgan fingerprint density at radius 2 is 1.60 bits per heavy atom. The van der Waals surface area contributed by atoms with Crippen LogP contribution in [0.15, 0.2) is 80.1 Å². The highest BCUT2D eigenvalue weighted by Gasteiger charge is 2.36. The Hall–Kier alpha value is -3.68. The fraction of sp³-hybridized carbons (Fsp3) is 0.207. The van der Waals surface area contributed by atoms with Crippen LogP contribution in [0.4, 0.5) is 4.79 Å². The molecule has 1 saturated heterocycles. The van der Waals surface area contributed by atoms with Gasteiger partial charge in [-0.05, 0) is 98.8 Å². The number of carbonyl (C=O) groups excluding carboxylic acids is 3. The van der Waals surface area contributed by atoms with E-state index < -0.39 is 28.0 Å². The smallest absolute Gasteiger partial charge is 0.339 e. The minimum Gasteiger partial charge on any atom is -0.490 e. The Bertz CT molecular complexity index is 1640. The summed E-state index contributed by atoms with van der Waals surface area (Å²) >= 11 is 6.61. The van der Waals surface area contributed by atoms with Crippen molar-refractivity contribution < 1.29 is 36.5 Å². The van der Waals surface area contributed by atoms with Crippen LogP contribution in [0.2, 0.25) is 0 Å². The van der Waals surface area contributed by atoms with Gasteiger partial charge in [-0.15, -0.1) is 0 Å². The van der Waals surface area contributed by atoms with Gasteiger partial charge in [-0.25, -0.2) is 4.79 Å². The van der Waals surface area contributed by atoms with Crippen molar-refractivity contribution in [3.05, 3.63) is 86.3 Å². The molecule has 3 aromatic carbocycles. The average molecular weight is 722 g/mol. The van der Waals surface area contributed by atoms with Crippen LogP contribution in [0.1, 0.15) is 31.4 Å². The predicted molar refractivity (Wildman–Crippen MR) is 162 cm³/mol. The van der Waals surface area contributed by atoms with Crippen molar-refractivity contribution in [3.8, 4) is 17.2 Å². The summed E-state index contributed by atoms with van der Waals surface area (Å²) in [6.45, 7) is 4.59. The number of ether oxygens (including phenoxy) is 2. The molecule has 0 saturated carbocycles. The van der Waals surface area contributed by atoms with Crippen LogP contribution in [0.25, 0.3) is 6.08 Å². The molecular weight excluding hydrogens is 696 g/mol. The summed E-state index contributed by atoms with van der Waals surface area (Å²) in [5.41, 5.74) is 0.667. The molecule has 0 bridgehead atoms. The van der Waals surface area contributed by atoms with Crippen LogP contribution in [0, 0.1) is 0 Å². The minimum absolute atomic E-state index is 0.0197. The highest BCUT2D eigenvalue weighted by Crippen LogP contribution is 2.37. The van der Waals surface area contributed by atoms with E-state index in [-0.39, 0.29) is 31.7 Å². The molecule has 0 radical (unpaired) electrons. The van der Waals surface area contributed by atoms with Crippen molar-refractivity contribution in [2.24, 2.45) is 0 Å². The first-order chi connectivity index (χ1) is 20.0. The zero-order chi connectivity index (χ0) is 30.4. The first-order valence-electron chi connectivity index (χ1n) is 12.8. The molecule has 0 aliphatic carbocycles. The number of benzene rings is 3. The van der Waals surface area contributed by atoms with Gasteiger partial charge >= 0.3 is 16.1 Å². The molecule has 1 fully saturated rings. The summed E-state index contributed by atoms with van der Waals surface area (Å²) in [6.07, 6.45) is 2.12. The fourth-order valence-electron chi connectivity index (χ4n) is 3.92. The Morgan fingerprint density at radius 1 is 0.905 bits per heavy atom. The Kier molecular flexibility index (Phi) is 10.1. The normalized spacial score (nSPS) is 14.6. The van der Waals surface area contributed by atoms with E-state index >= 15 is 0 Å². The van der Waals surface area contributed by atoms with Gasteiger partial charge in [-0.3, -0.25) is 19.8 Å². The maximum Gasteiger partial charge on any atom is 0.339 e. The Morgan fingerprint density at radius 3 is 2.24 bits per heavy atom. The molecule has 1 aliphatic rings. The molecular formula is C29H26Br2N2O8S. The highest BCUT2D eigenvalue weighted by atomic mass is 79.9. The maximum atomic E-state index is 13.3. The van der Waals surface area contributed by atoms with E-state index in [2.05, 4.69) is 37.2 Å². The number of barbiturate groups is 1. The van der Waals surface area contributed by atoms with Gasteiger partial charge in [0.25, 0.3) is 11.8 Å². The molecule has 4 rings (SSSR count). The summed E-state index contributed by atoms with van der Waals surface area (Å²) in [5.74, 6) is -0.654. The van der Waals surface area contributed by atoms with E-state index in [4.69, 9.17) is 13.7 Å². The quantitative estimate of drug-likeness (QED) is 0.149. The second-order valence-electron chi connectivity index (χ2n) is 8.94. The number of urea groups is 1. The first-order valence-corrected chi connectivity index (χ1v) is 15.8. The van der Waals surface area contributed by atoms with E-state index in [9.17, 15) is 22.8 Å². The topological polar surface area (TPSA) is 128 Å². The molecule has 3 aromatic rings. The van der Waals surface area contributed by atoms with E-state index in [1.54, 1.807) is 36.4 Å². The number of carbonyl (C=O) groups is 3. The van der Waals surface area contributed by atoms with Crippen molar-refractivity contribution in [2.45, 2.75) is 31.7 Å². The van der Waals surface area contributed by atoms with Crippen molar-refractivity contribution in [1.29, 1.82) is 0 Å². The lowest BCUT2D eigenvalue weighted by atomic mass is 10.1. The van der Waals surface area contributed by atoms with E-state index in [1.807, 2.05) is 13.8 Å². The zero-order valence-electron chi connectivity index (χ0n) is 22.6. The number of imide groups is 2. The summed E-state index contributed by atoms with van der Waals surface area (Å²) in [4.78, 5) is 39.5. The van der Waals surface area contributed by atoms with Crippen LogP contribution >= 0.6 is 31.9 Å². The molecule has 4 amide bonds. The third kappa shape index (κ3) is 7.20. The van der Waals surface area contributed by atoms with Crippen LogP contribution in [0.5, 0.6) is 17.2 Å². The molecule has 13 heteroatoms. The monoisotopic (exact) mass is 720 g/mol. The van der Waals surface area contributed by atoms with Gasteiger partial charge in [-0.2, -0.15) is 8.42 Å². The maximum absolute atomic E-state index is 13.3. The van der Waals surface area contributed by atoms with E-state index in [0.29, 0.717) is 35.8 Å². The molecule has 0 atom stereocenters. The summed E-state index contributed by atoms with van der Waals surface area (Å²) in [6, 6.07) is 14.9. The average Bonchev–Trinajstić information content (AvgIpc) is 2.95. The van der Waals surface area contributed by atoms with Crippen molar-refractivity contribution in [3.63, 3.8) is 0 Å². The number of hydrogen-bond acceptors (Lipinski definition) is 8. The minimum atomic E-state index is -4.13.